The van der Waals surface area contributed by atoms with Gasteiger partial charge in [0.2, 0.25) is 11.8 Å². The highest BCUT2D eigenvalue weighted by Crippen LogP contribution is 2.31. The van der Waals surface area contributed by atoms with Gasteiger partial charge in [-0.25, -0.2) is 0 Å². The van der Waals surface area contributed by atoms with Gasteiger partial charge >= 0.3 is 0 Å². The monoisotopic (exact) mass is 342 g/mol. The zero-order valence-corrected chi connectivity index (χ0v) is 15.3. The van der Waals surface area contributed by atoms with Crippen LogP contribution in [0.3, 0.4) is 0 Å². The summed E-state index contributed by atoms with van der Waals surface area (Å²) in [6, 6.07) is 10.4. The Morgan fingerprint density at radius 3 is 2.52 bits per heavy atom. The molecule has 4 heteroatoms. The van der Waals surface area contributed by atoms with Gasteiger partial charge in [0.1, 0.15) is 5.54 Å². The Labute approximate surface area is 151 Å². The van der Waals surface area contributed by atoms with E-state index in [-0.39, 0.29) is 17.9 Å². The topological polar surface area (TPSA) is 49.4 Å². The van der Waals surface area contributed by atoms with Crippen LogP contribution in [0.4, 0.5) is 0 Å². The summed E-state index contributed by atoms with van der Waals surface area (Å²) in [6.45, 7) is 2.55. The highest BCUT2D eigenvalue weighted by Gasteiger charge is 2.47. The highest BCUT2D eigenvalue weighted by atomic mass is 16.2. The van der Waals surface area contributed by atoms with Crippen LogP contribution in [0.15, 0.2) is 30.3 Å². The summed E-state index contributed by atoms with van der Waals surface area (Å²) in [5.41, 5.74) is 0.506. The standard InChI is InChI=1S/C21H30N2O2/c1-21(20(25)22-18-11-7-2-3-8-12-18)15-13-19(24)23(21)16-14-17-9-5-4-6-10-17/h4-6,9-10,18H,2-3,7-8,11-16H2,1H3,(H,22,25). The lowest BCUT2D eigenvalue weighted by atomic mass is 9.96. The lowest BCUT2D eigenvalue weighted by Gasteiger charge is -2.35. The maximum absolute atomic E-state index is 13.0. The molecule has 0 radical (unpaired) electrons. The number of carbonyl (C=O) groups excluding carboxylic acids is 2. The number of carbonyl (C=O) groups is 2. The Morgan fingerprint density at radius 1 is 1.16 bits per heavy atom. The predicted molar refractivity (Wildman–Crippen MR) is 99.1 cm³/mol. The highest BCUT2D eigenvalue weighted by molar-refractivity contribution is 5.94. The molecule has 4 nitrogen and oxygen atoms in total. The molecule has 2 aliphatic rings. The van der Waals surface area contributed by atoms with Crippen LogP contribution in [-0.4, -0.2) is 34.8 Å². The molecule has 1 atom stereocenters. The Kier molecular flexibility index (Phi) is 5.77. The van der Waals surface area contributed by atoms with Crippen LogP contribution in [0.25, 0.3) is 0 Å². The molecule has 1 aliphatic heterocycles. The van der Waals surface area contributed by atoms with E-state index in [1.165, 1.54) is 31.2 Å². The summed E-state index contributed by atoms with van der Waals surface area (Å²) in [7, 11) is 0. The first-order chi connectivity index (χ1) is 12.1. The average molecular weight is 342 g/mol. The molecule has 1 aromatic rings. The van der Waals surface area contributed by atoms with E-state index in [1.54, 1.807) is 0 Å². The van der Waals surface area contributed by atoms with Gasteiger partial charge in [-0.1, -0.05) is 56.0 Å². The Bertz CT molecular complexity index is 593. The molecule has 0 spiro atoms. The second kappa shape index (κ2) is 8.03. The van der Waals surface area contributed by atoms with Crippen molar-refractivity contribution >= 4 is 11.8 Å². The van der Waals surface area contributed by atoms with Crippen molar-refractivity contribution in [2.75, 3.05) is 6.54 Å². The largest absolute Gasteiger partial charge is 0.351 e. The van der Waals surface area contributed by atoms with Gasteiger partial charge in [-0.3, -0.25) is 9.59 Å². The van der Waals surface area contributed by atoms with Gasteiger partial charge in [0.25, 0.3) is 0 Å². The number of amides is 2. The third kappa shape index (κ3) is 4.23. The predicted octanol–water partition coefficient (Wildman–Crippen LogP) is 3.45. The minimum absolute atomic E-state index is 0.0401. The summed E-state index contributed by atoms with van der Waals surface area (Å²) in [5.74, 6) is 0.146. The Hall–Kier alpha value is -1.84. The molecule has 2 amide bonds. The summed E-state index contributed by atoms with van der Waals surface area (Å²) in [5, 5.41) is 3.26. The molecule has 1 N–H and O–H groups in total. The maximum Gasteiger partial charge on any atom is 0.245 e. The molecule has 3 rings (SSSR count). The van der Waals surface area contributed by atoms with Gasteiger partial charge in [0.15, 0.2) is 0 Å². The molecule has 1 aromatic carbocycles. The Morgan fingerprint density at radius 2 is 1.84 bits per heavy atom. The van der Waals surface area contributed by atoms with E-state index in [4.69, 9.17) is 0 Å². The first-order valence-electron chi connectivity index (χ1n) is 9.75. The number of rotatable bonds is 5. The van der Waals surface area contributed by atoms with Crippen LogP contribution in [0.1, 0.15) is 63.9 Å². The minimum atomic E-state index is -0.696. The van der Waals surface area contributed by atoms with Gasteiger partial charge in [-0.05, 0) is 38.2 Å². The summed E-state index contributed by atoms with van der Waals surface area (Å²) >= 11 is 0. The Balaban J connectivity index is 1.64. The van der Waals surface area contributed by atoms with Crippen molar-refractivity contribution in [3.05, 3.63) is 35.9 Å². The van der Waals surface area contributed by atoms with E-state index in [1.807, 2.05) is 30.0 Å². The van der Waals surface area contributed by atoms with Crippen LogP contribution in [0.2, 0.25) is 0 Å². The zero-order valence-electron chi connectivity index (χ0n) is 15.3. The molecule has 1 saturated carbocycles. The van der Waals surface area contributed by atoms with Crippen molar-refractivity contribution in [2.45, 2.75) is 76.3 Å². The molecule has 0 aromatic heterocycles. The van der Waals surface area contributed by atoms with Crippen LogP contribution in [0.5, 0.6) is 0 Å². The SMILES string of the molecule is CC1(C(=O)NC2CCCCCC2)CCC(=O)N1CCc1ccccc1. The fourth-order valence-electron chi connectivity index (χ4n) is 4.15. The van der Waals surface area contributed by atoms with E-state index >= 15 is 0 Å². The van der Waals surface area contributed by atoms with Crippen LogP contribution in [0, 0.1) is 0 Å². The normalized spacial score (nSPS) is 25.0. The smallest absolute Gasteiger partial charge is 0.245 e. The van der Waals surface area contributed by atoms with Gasteiger partial charge in [-0.2, -0.15) is 0 Å². The zero-order chi connectivity index (χ0) is 17.7. The van der Waals surface area contributed by atoms with E-state index in [2.05, 4.69) is 17.4 Å². The van der Waals surface area contributed by atoms with Crippen LogP contribution >= 0.6 is 0 Å². The maximum atomic E-state index is 13.0. The van der Waals surface area contributed by atoms with E-state index < -0.39 is 5.54 Å². The summed E-state index contributed by atoms with van der Waals surface area (Å²) in [4.78, 5) is 27.2. The van der Waals surface area contributed by atoms with Crippen molar-refractivity contribution in [1.29, 1.82) is 0 Å². The van der Waals surface area contributed by atoms with Crippen molar-refractivity contribution in [1.82, 2.24) is 10.2 Å². The molecular weight excluding hydrogens is 312 g/mol. The van der Waals surface area contributed by atoms with Crippen molar-refractivity contribution in [3.8, 4) is 0 Å². The number of nitrogens with zero attached hydrogens (tertiary/aromatic N) is 1. The van der Waals surface area contributed by atoms with Crippen LogP contribution in [-0.2, 0) is 16.0 Å². The average Bonchev–Trinajstić information content (AvgIpc) is 2.80. The molecule has 25 heavy (non-hydrogen) atoms. The molecular formula is C21H30N2O2. The van der Waals surface area contributed by atoms with Crippen molar-refractivity contribution in [2.24, 2.45) is 0 Å². The molecule has 1 unspecified atom stereocenters. The van der Waals surface area contributed by atoms with Gasteiger partial charge in [0, 0.05) is 19.0 Å². The lowest BCUT2D eigenvalue weighted by Crippen LogP contribution is -2.56. The van der Waals surface area contributed by atoms with E-state index in [0.29, 0.717) is 19.4 Å². The fourth-order valence-corrected chi connectivity index (χ4v) is 4.15. The number of likely N-dealkylation sites (tertiary alicyclic amines) is 1. The second-order valence-electron chi connectivity index (χ2n) is 7.72. The first-order valence-corrected chi connectivity index (χ1v) is 9.75. The molecule has 136 valence electrons. The number of hydrogen-bond donors (Lipinski definition) is 1. The number of nitrogens with one attached hydrogen (secondary N) is 1. The lowest BCUT2D eigenvalue weighted by molar-refractivity contribution is -0.141. The van der Waals surface area contributed by atoms with Crippen molar-refractivity contribution in [3.63, 3.8) is 0 Å². The van der Waals surface area contributed by atoms with E-state index in [0.717, 1.165) is 19.3 Å². The second-order valence-corrected chi connectivity index (χ2v) is 7.72. The third-order valence-corrected chi connectivity index (χ3v) is 5.87. The first kappa shape index (κ1) is 18.0. The quantitative estimate of drug-likeness (QED) is 0.833. The summed E-state index contributed by atoms with van der Waals surface area (Å²) in [6.07, 6.45) is 8.95. The number of benzene rings is 1. The third-order valence-electron chi connectivity index (χ3n) is 5.87. The molecule has 0 bridgehead atoms. The van der Waals surface area contributed by atoms with Crippen molar-refractivity contribution < 1.29 is 9.59 Å². The molecule has 1 heterocycles. The molecule has 1 aliphatic carbocycles. The minimum Gasteiger partial charge on any atom is -0.351 e. The van der Waals surface area contributed by atoms with Gasteiger partial charge < -0.3 is 10.2 Å². The summed E-state index contributed by atoms with van der Waals surface area (Å²) < 4.78 is 0. The van der Waals surface area contributed by atoms with E-state index in [9.17, 15) is 9.59 Å². The van der Waals surface area contributed by atoms with Gasteiger partial charge in [-0.15, -0.1) is 0 Å². The fraction of sp³-hybridized carbons (Fsp3) is 0.619. The number of hydrogen-bond acceptors (Lipinski definition) is 2. The molecule has 1 saturated heterocycles. The van der Waals surface area contributed by atoms with Crippen LogP contribution < -0.4 is 5.32 Å². The van der Waals surface area contributed by atoms with Gasteiger partial charge in [0.05, 0.1) is 0 Å². The molecule has 2 fully saturated rings.